The molecule has 0 saturated carbocycles. The van der Waals surface area contributed by atoms with Gasteiger partial charge in [0.05, 0.1) is 62.0 Å². The van der Waals surface area contributed by atoms with Crippen LogP contribution in [0.3, 0.4) is 0 Å². The lowest BCUT2D eigenvalue weighted by molar-refractivity contribution is -0.137. The molecule has 15 aromatic rings. The number of aryl methyl sites for hydroxylation is 1. The van der Waals surface area contributed by atoms with Crippen molar-refractivity contribution in [1.29, 1.82) is 0 Å². The summed E-state index contributed by atoms with van der Waals surface area (Å²) < 4.78 is 51.5. The Bertz CT molecular complexity index is 4910. The van der Waals surface area contributed by atoms with Gasteiger partial charge in [0.25, 0.3) is 0 Å². The molecule has 0 unspecified atom stereocenters. The largest absolute Gasteiger partial charge is 0.416 e. The molecule has 4 heterocycles. The fourth-order valence-corrected chi connectivity index (χ4v) is 12.4. The van der Waals surface area contributed by atoms with E-state index in [4.69, 9.17) is 6.57 Å². The van der Waals surface area contributed by atoms with Gasteiger partial charge in [0.1, 0.15) is 0 Å². The molecule has 0 radical (unpaired) electrons. The van der Waals surface area contributed by atoms with Gasteiger partial charge >= 0.3 is 6.18 Å². The number of hydrogen-bond acceptors (Lipinski definition) is 0. The number of benzene rings is 11. The lowest BCUT2D eigenvalue weighted by Crippen LogP contribution is -2.05. The molecule has 0 spiro atoms. The molecule has 0 aliphatic rings. The molecule has 0 N–H and O–H groups in total. The molecule has 0 atom stereocenters. The van der Waals surface area contributed by atoms with E-state index in [1.54, 1.807) is 13.0 Å². The third-order valence-corrected chi connectivity index (χ3v) is 15.7. The standard InChI is InChI=1S/C69H42F3N5/c1-42-37-44(69(70,71)72)28-32-48(42)43-27-34-67(77-65-26-14-8-20-54(65)58-41-47(31-36-68(58)77)75-62-23-11-5-17-51(62)52-18-6-12-24-63(52)75)56(38-43)55-39-45(29-33-59(55)73-2)76-64-25-13-7-19-53(64)57-40-46(30-35-66(57)76)74-60-21-9-3-15-49(60)50-16-4-10-22-61(50)74/h3-41H,1H3. The van der Waals surface area contributed by atoms with E-state index in [9.17, 15) is 13.2 Å². The first kappa shape index (κ1) is 44.4. The van der Waals surface area contributed by atoms with Crippen LogP contribution in [0.1, 0.15) is 11.1 Å². The van der Waals surface area contributed by atoms with Crippen LogP contribution in [-0.4, -0.2) is 18.3 Å². The second kappa shape index (κ2) is 16.7. The Labute approximate surface area is 439 Å². The zero-order valence-electron chi connectivity index (χ0n) is 41.4. The van der Waals surface area contributed by atoms with Gasteiger partial charge in [0.2, 0.25) is 0 Å². The highest BCUT2D eigenvalue weighted by Crippen LogP contribution is 2.45. The number of nitrogens with zero attached hydrogens (tertiary/aromatic N) is 5. The molecule has 8 heteroatoms. The highest BCUT2D eigenvalue weighted by Gasteiger charge is 2.31. The van der Waals surface area contributed by atoms with Crippen molar-refractivity contribution in [2.75, 3.05) is 0 Å². The van der Waals surface area contributed by atoms with Crippen molar-refractivity contribution >= 4 is 92.9 Å². The predicted octanol–water partition coefficient (Wildman–Crippen LogP) is 19.3. The van der Waals surface area contributed by atoms with Crippen LogP contribution >= 0.6 is 0 Å². The summed E-state index contributed by atoms with van der Waals surface area (Å²) in [7, 11) is 0. The van der Waals surface area contributed by atoms with Gasteiger partial charge < -0.3 is 18.3 Å². The number of alkyl halides is 3. The molecule has 0 aliphatic heterocycles. The summed E-state index contributed by atoms with van der Waals surface area (Å²) in [5.41, 5.74) is 15.3. The van der Waals surface area contributed by atoms with Crippen LogP contribution in [0.2, 0.25) is 0 Å². The first-order chi connectivity index (χ1) is 37.7. The molecule has 364 valence electrons. The van der Waals surface area contributed by atoms with Gasteiger partial charge in [0.15, 0.2) is 5.69 Å². The van der Waals surface area contributed by atoms with Gasteiger partial charge in [-0.3, -0.25) is 0 Å². The summed E-state index contributed by atoms with van der Waals surface area (Å²) >= 11 is 0. The molecule has 4 aromatic heterocycles. The summed E-state index contributed by atoms with van der Waals surface area (Å²) in [5.74, 6) is 0. The maximum absolute atomic E-state index is 14.1. The third kappa shape index (κ3) is 6.67. The van der Waals surface area contributed by atoms with Crippen molar-refractivity contribution in [2.45, 2.75) is 13.1 Å². The van der Waals surface area contributed by atoms with Crippen molar-refractivity contribution in [3.8, 4) is 45.0 Å². The van der Waals surface area contributed by atoms with E-state index in [0.29, 0.717) is 22.4 Å². The van der Waals surface area contributed by atoms with Crippen LogP contribution < -0.4 is 0 Å². The second-order valence-electron chi connectivity index (χ2n) is 19.9. The molecule has 0 fully saturated rings. The minimum atomic E-state index is -4.49. The summed E-state index contributed by atoms with van der Waals surface area (Å²) in [4.78, 5) is 4.18. The molecule has 11 aromatic carbocycles. The van der Waals surface area contributed by atoms with E-state index < -0.39 is 11.7 Å². The monoisotopic (exact) mass is 997 g/mol. The molecule has 15 rings (SSSR count). The fraction of sp³-hybridized carbons (Fsp3) is 0.0290. The fourth-order valence-electron chi connectivity index (χ4n) is 12.4. The van der Waals surface area contributed by atoms with E-state index in [1.165, 1.54) is 27.6 Å². The summed E-state index contributed by atoms with van der Waals surface area (Å²) in [6.07, 6.45) is -4.49. The zero-order valence-corrected chi connectivity index (χ0v) is 41.4. The molecule has 0 bridgehead atoms. The van der Waals surface area contributed by atoms with Crippen LogP contribution in [0.15, 0.2) is 237 Å². The van der Waals surface area contributed by atoms with Crippen LogP contribution in [0.25, 0.3) is 137 Å². The Kier molecular flexibility index (Phi) is 9.63. The van der Waals surface area contributed by atoms with Crippen molar-refractivity contribution in [3.63, 3.8) is 0 Å². The maximum atomic E-state index is 14.1. The van der Waals surface area contributed by atoms with Gasteiger partial charge in [-0.05, 0) is 144 Å². The van der Waals surface area contributed by atoms with Gasteiger partial charge in [-0.1, -0.05) is 127 Å². The lowest BCUT2D eigenvalue weighted by atomic mass is 9.93. The van der Waals surface area contributed by atoms with Crippen molar-refractivity contribution in [2.24, 2.45) is 0 Å². The topological polar surface area (TPSA) is 24.1 Å². The zero-order chi connectivity index (χ0) is 51.7. The Morgan fingerprint density at radius 2 is 0.727 bits per heavy atom. The molecular weight excluding hydrogens is 956 g/mol. The highest BCUT2D eigenvalue weighted by atomic mass is 19.4. The predicted molar refractivity (Wildman–Crippen MR) is 311 cm³/mol. The normalized spacial score (nSPS) is 12.1. The van der Waals surface area contributed by atoms with Crippen molar-refractivity contribution in [3.05, 3.63) is 259 Å². The van der Waals surface area contributed by atoms with E-state index >= 15 is 0 Å². The van der Waals surface area contributed by atoms with Gasteiger partial charge in [-0.2, -0.15) is 13.2 Å². The smallest absolute Gasteiger partial charge is 0.309 e. The highest BCUT2D eigenvalue weighted by molar-refractivity contribution is 6.14. The lowest BCUT2D eigenvalue weighted by Gasteiger charge is -2.19. The van der Waals surface area contributed by atoms with Crippen LogP contribution in [0.5, 0.6) is 0 Å². The van der Waals surface area contributed by atoms with E-state index in [1.807, 2.05) is 24.3 Å². The van der Waals surface area contributed by atoms with Gasteiger partial charge in [0, 0.05) is 60.2 Å². The second-order valence-corrected chi connectivity index (χ2v) is 19.9. The first-order valence-corrected chi connectivity index (χ1v) is 25.6. The van der Waals surface area contributed by atoms with Gasteiger partial charge in [-0.25, -0.2) is 4.85 Å². The van der Waals surface area contributed by atoms with Crippen LogP contribution in [0, 0.1) is 13.5 Å². The first-order valence-electron chi connectivity index (χ1n) is 25.6. The minimum Gasteiger partial charge on any atom is -0.309 e. The Balaban J connectivity index is 0.964. The van der Waals surface area contributed by atoms with E-state index in [2.05, 4.69) is 217 Å². The quantitative estimate of drug-likeness (QED) is 0.148. The van der Waals surface area contributed by atoms with Crippen LogP contribution in [0.4, 0.5) is 18.9 Å². The summed E-state index contributed by atoms with van der Waals surface area (Å²) in [6.45, 7) is 10.4. The SMILES string of the molecule is [C-]#[N+]c1ccc(-n2c3ccccc3c3cc(-n4c5ccccc5c5ccccc54)ccc32)cc1-c1cc(-c2ccc(C(F)(F)F)cc2C)ccc1-n1c2ccccc2c2cc(-n3c4ccccc4c4ccccc43)ccc21. The number of hydrogen-bond donors (Lipinski definition) is 0. The molecule has 5 nitrogen and oxygen atoms in total. The molecule has 77 heavy (non-hydrogen) atoms. The average molecular weight is 998 g/mol. The Morgan fingerprint density at radius 3 is 1.17 bits per heavy atom. The molecular formula is C69H42F3N5. The molecule has 0 saturated heterocycles. The van der Waals surface area contributed by atoms with E-state index in [-0.39, 0.29) is 0 Å². The third-order valence-electron chi connectivity index (χ3n) is 15.7. The van der Waals surface area contributed by atoms with E-state index in [0.717, 1.165) is 106 Å². The number of para-hydroxylation sites is 6. The Hall–Kier alpha value is -10.1. The van der Waals surface area contributed by atoms with Crippen molar-refractivity contribution in [1.82, 2.24) is 18.3 Å². The minimum absolute atomic E-state index is 0.445. The summed E-state index contributed by atoms with van der Waals surface area (Å²) in [6, 6.07) is 80.3. The maximum Gasteiger partial charge on any atom is 0.416 e. The Morgan fingerprint density at radius 1 is 0.338 bits per heavy atom. The number of halogens is 3. The number of rotatable bonds is 6. The van der Waals surface area contributed by atoms with Crippen LogP contribution in [-0.2, 0) is 6.18 Å². The molecule has 0 aliphatic carbocycles. The van der Waals surface area contributed by atoms with Crippen molar-refractivity contribution < 1.29 is 13.2 Å². The number of fused-ring (bicyclic) bond motifs is 12. The molecule has 0 amide bonds. The number of aromatic nitrogens is 4. The van der Waals surface area contributed by atoms with Gasteiger partial charge in [-0.15, -0.1) is 0 Å². The summed E-state index contributed by atoms with van der Waals surface area (Å²) in [5, 5.41) is 9.04. The average Bonchev–Trinajstić information content (AvgIpc) is 4.34.